The summed E-state index contributed by atoms with van der Waals surface area (Å²) in [5, 5.41) is 3.26. The molecule has 0 saturated carbocycles. The number of likely N-dealkylation sites (tertiary alicyclic amines) is 1. The number of hydrogen-bond acceptors (Lipinski definition) is 5. The van der Waals surface area contributed by atoms with Gasteiger partial charge in [0, 0.05) is 25.0 Å². The van der Waals surface area contributed by atoms with E-state index in [0.717, 1.165) is 13.0 Å². The van der Waals surface area contributed by atoms with E-state index in [1.54, 1.807) is 11.8 Å². The van der Waals surface area contributed by atoms with Gasteiger partial charge in [-0.3, -0.25) is 4.90 Å². The number of rotatable bonds is 2. The van der Waals surface area contributed by atoms with Crippen LogP contribution in [0.25, 0.3) is 0 Å². The lowest BCUT2D eigenvalue weighted by Crippen LogP contribution is -2.49. The Labute approximate surface area is 119 Å². The van der Waals surface area contributed by atoms with Crippen LogP contribution in [0.4, 0.5) is 4.79 Å². The van der Waals surface area contributed by atoms with E-state index in [4.69, 9.17) is 9.47 Å². The first-order valence-electron chi connectivity index (χ1n) is 7.22. The minimum absolute atomic E-state index is 0.0120. The molecule has 114 valence electrons. The molecule has 3 unspecified atom stereocenters. The highest BCUT2D eigenvalue weighted by atomic mass is 16.6. The van der Waals surface area contributed by atoms with Crippen LogP contribution in [-0.4, -0.2) is 54.3 Å². The summed E-state index contributed by atoms with van der Waals surface area (Å²) < 4.78 is 10.6. The standard InChI is InChI=1S/C14H24N2O4/c1-5-19-12(17)11-9-6-10(8-15-7-9)16(11)13(18)20-14(2,3)4/h9-11,15H,5-8H2,1-4H3. The van der Waals surface area contributed by atoms with Crippen molar-refractivity contribution in [2.75, 3.05) is 19.7 Å². The number of ether oxygens (including phenoxy) is 2. The molecule has 0 aliphatic carbocycles. The van der Waals surface area contributed by atoms with Gasteiger partial charge < -0.3 is 14.8 Å². The Morgan fingerprint density at radius 1 is 1.30 bits per heavy atom. The van der Waals surface area contributed by atoms with Crippen molar-refractivity contribution in [1.29, 1.82) is 0 Å². The van der Waals surface area contributed by atoms with Gasteiger partial charge >= 0.3 is 12.1 Å². The molecule has 2 aliphatic rings. The number of amides is 1. The fourth-order valence-corrected chi connectivity index (χ4v) is 2.97. The largest absolute Gasteiger partial charge is 0.464 e. The van der Waals surface area contributed by atoms with Gasteiger partial charge in [0.25, 0.3) is 0 Å². The van der Waals surface area contributed by atoms with Crippen LogP contribution in [0.3, 0.4) is 0 Å². The average Bonchev–Trinajstić information content (AvgIpc) is 2.58. The minimum atomic E-state index is -0.569. The maximum Gasteiger partial charge on any atom is 0.411 e. The van der Waals surface area contributed by atoms with E-state index in [0.29, 0.717) is 13.2 Å². The van der Waals surface area contributed by atoms with Crippen molar-refractivity contribution in [1.82, 2.24) is 10.2 Å². The van der Waals surface area contributed by atoms with Gasteiger partial charge in [-0.25, -0.2) is 9.59 Å². The summed E-state index contributed by atoms with van der Waals surface area (Å²) in [5.74, 6) is -0.213. The molecule has 20 heavy (non-hydrogen) atoms. The third-order valence-corrected chi connectivity index (χ3v) is 3.63. The predicted octanol–water partition coefficient (Wildman–Crippen LogP) is 1.15. The number of hydrogen-bond donors (Lipinski definition) is 1. The molecule has 0 spiro atoms. The summed E-state index contributed by atoms with van der Waals surface area (Å²) in [6, 6.07) is -0.511. The van der Waals surface area contributed by atoms with Crippen LogP contribution in [-0.2, 0) is 14.3 Å². The fourth-order valence-electron chi connectivity index (χ4n) is 2.97. The molecule has 2 bridgehead atoms. The zero-order chi connectivity index (χ0) is 14.9. The first-order valence-corrected chi connectivity index (χ1v) is 7.22. The summed E-state index contributed by atoms with van der Waals surface area (Å²) >= 11 is 0. The van der Waals surface area contributed by atoms with Crippen molar-refractivity contribution < 1.29 is 19.1 Å². The molecular formula is C14H24N2O4. The summed E-state index contributed by atoms with van der Waals surface area (Å²) in [5.41, 5.74) is -0.569. The molecule has 0 radical (unpaired) electrons. The molecule has 2 heterocycles. The fraction of sp³-hybridized carbons (Fsp3) is 0.857. The molecule has 1 amide bonds. The van der Waals surface area contributed by atoms with Crippen molar-refractivity contribution in [3.63, 3.8) is 0 Å². The maximum atomic E-state index is 12.4. The lowest BCUT2D eigenvalue weighted by Gasteiger charge is -2.31. The Hall–Kier alpha value is -1.30. The van der Waals surface area contributed by atoms with Gasteiger partial charge in [-0.1, -0.05) is 0 Å². The highest BCUT2D eigenvalue weighted by Gasteiger charge is 2.51. The Kier molecular flexibility index (Phi) is 4.22. The molecule has 0 aromatic heterocycles. The second-order valence-corrected chi connectivity index (χ2v) is 6.39. The highest BCUT2D eigenvalue weighted by Crippen LogP contribution is 2.34. The SMILES string of the molecule is CCOC(=O)C1C2CNCC(C2)N1C(=O)OC(C)(C)C. The van der Waals surface area contributed by atoms with E-state index in [2.05, 4.69) is 5.32 Å². The van der Waals surface area contributed by atoms with Crippen molar-refractivity contribution in [3.05, 3.63) is 0 Å². The molecule has 6 heteroatoms. The molecular weight excluding hydrogens is 260 g/mol. The molecule has 2 fully saturated rings. The van der Waals surface area contributed by atoms with Gasteiger partial charge in [0.2, 0.25) is 0 Å². The van der Waals surface area contributed by atoms with Gasteiger partial charge in [-0.2, -0.15) is 0 Å². The number of esters is 1. The van der Waals surface area contributed by atoms with Crippen LogP contribution >= 0.6 is 0 Å². The van der Waals surface area contributed by atoms with Crippen LogP contribution < -0.4 is 5.32 Å². The van der Waals surface area contributed by atoms with Gasteiger partial charge in [-0.05, 0) is 34.1 Å². The Bertz CT molecular complexity index is 391. The van der Waals surface area contributed by atoms with Gasteiger partial charge in [0.05, 0.1) is 6.61 Å². The van der Waals surface area contributed by atoms with Gasteiger partial charge in [-0.15, -0.1) is 0 Å². The van der Waals surface area contributed by atoms with Crippen LogP contribution in [0, 0.1) is 5.92 Å². The van der Waals surface area contributed by atoms with E-state index in [1.807, 2.05) is 20.8 Å². The van der Waals surface area contributed by atoms with Crippen molar-refractivity contribution in [3.8, 4) is 0 Å². The van der Waals surface area contributed by atoms with E-state index < -0.39 is 17.7 Å². The molecule has 6 nitrogen and oxygen atoms in total. The summed E-state index contributed by atoms with van der Waals surface area (Å²) in [6.07, 6.45) is 0.405. The smallest absolute Gasteiger partial charge is 0.411 e. The highest BCUT2D eigenvalue weighted by molar-refractivity contribution is 5.83. The van der Waals surface area contributed by atoms with E-state index in [1.165, 1.54) is 0 Å². The maximum absolute atomic E-state index is 12.4. The molecule has 0 aromatic carbocycles. The van der Waals surface area contributed by atoms with Crippen molar-refractivity contribution in [2.24, 2.45) is 5.92 Å². The second-order valence-electron chi connectivity index (χ2n) is 6.39. The Morgan fingerprint density at radius 3 is 2.60 bits per heavy atom. The second kappa shape index (κ2) is 5.60. The van der Waals surface area contributed by atoms with Crippen molar-refractivity contribution >= 4 is 12.1 Å². The van der Waals surface area contributed by atoms with Crippen LogP contribution in [0.2, 0.25) is 0 Å². The summed E-state index contributed by atoms with van der Waals surface area (Å²) in [7, 11) is 0. The molecule has 0 aromatic rings. The zero-order valence-electron chi connectivity index (χ0n) is 12.6. The quantitative estimate of drug-likeness (QED) is 0.770. The van der Waals surface area contributed by atoms with E-state index in [9.17, 15) is 9.59 Å². The average molecular weight is 284 g/mol. The third kappa shape index (κ3) is 3.06. The number of piperidine rings is 1. The number of nitrogens with zero attached hydrogens (tertiary/aromatic N) is 1. The monoisotopic (exact) mass is 284 g/mol. The molecule has 3 atom stereocenters. The van der Waals surface area contributed by atoms with Crippen LogP contribution in [0.1, 0.15) is 34.1 Å². The lowest BCUT2D eigenvalue weighted by molar-refractivity contribution is -0.149. The molecule has 1 N–H and O–H groups in total. The zero-order valence-corrected chi connectivity index (χ0v) is 12.6. The van der Waals surface area contributed by atoms with Crippen LogP contribution in [0.5, 0.6) is 0 Å². The Morgan fingerprint density at radius 2 is 2.00 bits per heavy atom. The first-order chi connectivity index (χ1) is 9.33. The molecule has 2 aliphatic heterocycles. The summed E-state index contributed by atoms with van der Waals surface area (Å²) in [4.78, 5) is 26.1. The number of carbonyl (C=O) groups is 2. The Balaban J connectivity index is 2.18. The van der Waals surface area contributed by atoms with Gasteiger partial charge in [0.15, 0.2) is 0 Å². The number of nitrogens with one attached hydrogen (secondary N) is 1. The normalized spacial score (nSPS) is 29.2. The van der Waals surface area contributed by atoms with Crippen LogP contribution in [0.15, 0.2) is 0 Å². The third-order valence-electron chi connectivity index (χ3n) is 3.63. The molecule has 2 rings (SSSR count). The summed E-state index contributed by atoms with van der Waals surface area (Å²) in [6.45, 7) is 9.00. The number of fused-ring (bicyclic) bond motifs is 2. The first kappa shape index (κ1) is 15.1. The minimum Gasteiger partial charge on any atom is -0.464 e. The number of carbonyl (C=O) groups excluding carboxylic acids is 2. The van der Waals surface area contributed by atoms with E-state index >= 15 is 0 Å². The predicted molar refractivity (Wildman–Crippen MR) is 73.3 cm³/mol. The topological polar surface area (TPSA) is 67.9 Å². The lowest BCUT2D eigenvalue weighted by atomic mass is 9.96. The molecule has 2 saturated heterocycles. The van der Waals surface area contributed by atoms with Crippen molar-refractivity contribution in [2.45, 2.75) is 51.8 Å². The van der Waals surface area contributed by atoms with Gasteiger partial charge in [0.1, 0.15) is 11.6 Å². The van der Waals surface area contributed by atoms with E-state index in [-0.39, 0.29) is 17.9 Å².